The number of nitrogens with zero attached hydrogens (tertiary/aromatic N) is 2. The van der Waals surface area contributed by atoms with E-state index in [1.165, 1.54) is 6.07 Å². The Labute approximate surface area is 165 Å². The maximum atomic E-state index is 14.8. The highest BCUT2D eigenvalue weighted by atomic mass is 19.1. The molecule has 6 heteroatoms. The SMILES string of the molecule is O=C1Nc2ccccc2/C1=C\c1cc2[nH]nc(/C=C/c3ccncc3)c2cc1F. The van der Waals surface area contributed by atoms with Gasteiger partial charge in [0.1, 0.15) is 5.82 Å². The Bertz CT molecular complexity index is 1310. The van der Waals surface area contributed by atoms with Crippen molar-refractivity contribution in [3.8, 4) is 0 Å². The first-order valence-electron chi connectivity index (χ1n) is 9.07. The molecule has 1 amide bonds. The van der Waals surface area contributed by atoms with Gasteiger partial charge in [0.15, 0.2) is 0 Å². The number of para-hydroxylation sites is 1. The van der Waals surface area contributed by atoms with Gasteiger partial charge in [0, 0.05) is 40.2 Å². The molecule has 140 valence electrons. The molecule has 0 atom stereocenters. The van der Waals surface area contributed by atoms with Crippen molar-refractivity contribution in [3.63, 3.8) is 0 Å². The summed E-state index contributed by atoms with van der Waals surface area (Å²) in [6.07, 6.45) is 8.71. The summed E-state index contributed by atoms with van der Waals surface area (Å²) in [4.78, 5) is 16.3. The first-order chi connectivity index (χ1) is 14.2. The summed E-state index contributed by atoms with van der Waals surface area (Å²) in [5.41, 5.74) is 4.57. The maximum absolute atomic E-state index is 14.8. The number of anilines is 1. The maximum Gasteiger partial charge on any atom is 0.256 e. The molecule has 0 saturated heterocycles. The summed E-state index contributed by atoms with van der Waals surface area (Å²) >= 11 is 0. The number of pyridine rings is 1. The third-order valence-corrected chi connectivity index (χ3v) is 4.86. The molecule has 0 radical (unpaired) electrons. The zero-order chi connectivity index (χ0) is 19.8. The molecule has 2 aromatic heterocycles. The molecule has 2 aromatic carbocycles. The third kappa shape index (κ3) is 3.10. The lowest BCUT2D eigenvalue weighted by Crippen LogP contribution is -2.03. The summed E-state index contributed by atoms with van der Waals surface area (Å²) in [7, 11) is 0. The number of nitrogens with one attached hydrogen (secondary N) is 2. The number of hydrogen-bond donors (Lipinski definition) is 2. The van der Waals surface area contributed by atoms with Crippen molar-refractivity contribution in [3.05, 3.63) is 89.1 Å². The van der Waals surface area contributed by atoms with E-state index in [-0.39, 0.29) is 5.91 Å². The van der Waals surface area contributed by atoms with Crippen LogP contribution in [0.25, 0.3) is 34.7 Å². The number of benzene rings is 2. The van der Waals surface area contributed by atoms with Crippen molar-refractivity contribution in [1.29, 1.82) is 0 Å². The van der Waals surface area contributed by atoms with Crippen molar-refractivity contribution in [2.75, 3.05) is 5.32 Å². The van der Waals surface area contributed by atoms with E-state index < -0.39 is 5.82 Å². The smallest absolute Gasteiger partial charge is 0.256 e. The van der Waals surface area contributed by atoms with Crippen molar-refractivity contribution in [1.82, 2.24) is 15.2 Å². The van der Waals surface area contributed by atoms with Crippen LogP contribution in [0, 0.1) is 5.82 Å². The van der Waals surface area contributed by atoms with Gasteiger partial charge in [-0.1, -0.05) is 24.3 Å². The van der Waals surface area contributed by atoms with Crippen molar-refractivity contribution >= 4 is 46.3 Å². The number of aromatic amines is 1. The van der Waals surface area contributed by atoms with Crippen LogP contribution in [0.3, 0.4) is 0 Å². The van der Waals surface area contributed by atoms with Crippen LogP contribution in [0.4, 0.5) is 10.1 Å². The Hall–Kier alpha value is -4.06. The lowest BCUT2D eigenvalue weighted by molar-refractivity contribution is -0.110. The molecule has 4 aromatic rings. The first kappa shape index (κ1) is 17.1. The molecule has 0 bridgehead atoms. The predicted octanol–water partition coefficient (Wildman–Crippen LogP) is 4.76. The minimum Gasteiger partial charge on any atom is -0.321 e. The van der Waals surface area contributed by atoms with Gasteiger partial charge in [-0.05, 0) is 48.0 Å². The summed E-state index contributed by atoms with van der Waals surface area (Å²) in [6, 6.07) is 14.2. The third-order valence-electron chi connectivity index (χ3n) is 4.86. The number of halogens is 1. The Morgan fingerprint density at radius 1 is 1.00 bits per heavy atom. The number of amides is 1. The largest absolute Gasteiger partial charge is 0.321 e. The Morgan fingerprint density at radius 3 is 2.69 bits per heavy atom. The number of aromatic nitrogens is 3. The highest BCUT2D eigenvalue weighted by Gasteiger charge is 2.24. The van der Waals surface area contributed by atoms with Gasteiger partial charge in [0.25, 0.3) is 5.91 Å². The van der Waals surface area contributed by atoms with E-state index in [4.69, 9.17) is 0 Å². The average molecular weight is 382 g/mol. The fourth-order valence-electron chi connectivity index (χ4n) is 3.40. The number of rotatable bonds is 3. The van der Waals surface area contributed by atoms with E-state index >= 15 is 0 Å². The Balaban J connectivity index is 1.54. The summed E-state index contributed by atoms with van der Waals surface area (Å²) in [6.45, 7) is 0. The van der Waals surface area contributed by atoms with Gasteiger partial charge in [-0.2, -0.15) is 5.10 Å². The first-order valence-corrected chi connectivity index (χ1v) is 9.07. The minimum absolute atomic E-state index is 0.240. The molecule has 3 heterocycles. The zero-order valence-corrected chi connectivity index (χ0v) is 15.2. The van der Waals surface area contributed by atoms with Gasteiger partial charge in [0.2, 0.25) is 0 Å². The van der Waals surface area contributed by atoms with E-state index in [1.807, 2.05) is 48.6 Å². The number of carbonyl (C=O) groups is 1. The number of hydrogen-bond acceptors (Lipinski definition) is 3. The number of carbonyl (C=O) groups excluding carboxylic acids is 1. The fraction of sp³-hybridized carbons (Fsp3) is 0. The van der Waals surface area contributed by atoms with Crippen molar-refractivity contribution in [2.24, 2.45) is 0 Å². The molecule has 0 spiro atoms. The van der Waals surface area contributed by atoms with E-state index in [0.717, 1.165) is 16.8 Å². The average Bonchev–Trinajstić information content (AvgIpc) is 3.27. The van der Waals surface area contributed by atoms with Crippen LogP contribution in [-0.2, 0) is 4.79 Å². The van der Waals surface area contributed by atoms with Crippen LogP contribution in [0.1, 0.15) is 22.4 Å². The van der Waals surface area contributed by atoms with E-state index in [1.54, 1.807) is 24.5 Å². The minimum atomic E-state index is -0.415. The molecule has 2 N–H and O–H groups in total. The van der Waals surface area contributed by atoms with Crippen molar-refractivity contribution < 1.29 is 9.18 Å². The van der Waals surface area contributed by atoms with Crippen LogP contribution in [-0.4, -0.2) is 21.1 Å². The normalized spacial score (nSPS) is 14.7. The fourth-order valence-corrected chi connectivity index (χ4v) is 3.40. The molecule has 1 aliphatic rings. The lowest BCUT2D eigenvalue weighted by Gasteiger charge is -2.01. The van der Waals surface area contributed by atoms with Gasteiger partial charge in [-0.15, -0.1) is 0 Å². The van der Waals surface area contributed by atoms with Crippen LogP contribution < -0.4 is 5.32 Å². The Kier molecular flexibility index (Phi) is 4.02. The van der Waals surface area contributed by atoms with Gasteiger partial charge in [0.05, 0.1) is 11.2 Å². The molecule has 29 heavy (non-hydrogen) atoms. The predicted molar refractivity (Wildman–Crippen MR) is 112 cm³/mol. The number of fused-ring (bicyclic) bond motifs is 2. The second-order valence-corrected chi connectivity index (χ2v) is 6.70. The molecule has 5 rings (SSSR count). The van der Waals surface area contributed by atoms with Crippen LogP contribution in [0.5, 0.6) is 0 Å². The topological polar surface area (TPSA) is 70.7 Å². The summed E-state index contributed by atoms with van der Waals surface area (Å²) < 4.78 is 14.8. The number of H-pyrrole nitrogens is 1. The summed E-state index contributed by atoms with van der Waals surface area (Å²) in [5.74, 6) is -0.654. The zero-order valence-electron chi connectivity index (χ0n) is 15.2. The highest BCUT2D eigenvalue weighted by molar-refractivity contribution is 6.35. The van der Waals surface area contributed by atoms with Gasteiger partial charge < -0.3 is 5.32 Å². The second kappa shape index (κ2) is 6.83. The molecule has 0 fully saturated rings. The molecule has 0 unspecified atom stereocenters. The van der Waals surface area contributed by atoms with Crippen molar-refractivity contribution in [2.45, 2.75) is 0 Å². The van der Waals surface area contributed by atoms with Gasteiger partial charge in [-0.3, -0.25) is 14.9 Å². The van der Waals surface area contributed by atoms with Crippen LogP contribution in [0.2, 0.25) is 0 Å². The van der Waals surface area contributed by atoms with E-state index in [2.05, 4.69) is 20.5 Å². The molecule has 1 aliphatic heterocycles. The van der Waals surface area contributed by atoms with Crippen LogP contribution >= 0.6 is 0 Å². The molecular formula is C23H15FN4O. The molecule has 5 nitrogen and oxygen atoms in total. The monoisotopic (exact) mass is 382 g/mol. The molecule has 0 saturated carbocycles. The Morgan fingerprint density at radius 2 is 1.83 bits per heavy atom. The highest BCUT2D eigenvalue weighted by Crippen LogP contribution is 2.33. The summed E-state index contributed by atoms with van der Waals surface area (Å²) in [5, 5.41) is 10.7. The lowest BCUT2D eigenvalue weighted by atomic mass is 10.0. The quantitative estimate of drug-likeness (QED) is 0.502. The van der Waals surface area contributed by atoms with E-state index in [9.17, 15) is 9.18 Å². The van der Waals surface area contributed by atoms with E-state index in [0.29, 0.717) is 27.7 Å². The molecular weight excluding hydrogens is 367 g/mol. The van der Waals surface area contributed by atoms with Gasteiger partial charge >= 0.3 is 0 Å². The second-order valence-electron chi connectivity index (χ2n) is 6.70. The molecule has 0 aliphatic carbocycles. The standard InChI is InChI=1S/C23H15FN4O/c24-19-13-18-21(6-5-14-7-9-25-10-8-14)27-28-22(18)12-15(19)11-17-16-3-1-2-4-20(16)26-23(17)29/h1-13H,(H,26,29)(H,27,28)/b6-5+,17-11+. The van der Waals surface area contributed by atoms with Gasteiger partial charge in [-0.25, -0.2) is 4.39 Å². The van der Waals surface area contributed by atoms with Crippen LogP contribution in [0.15, 0.2) is 60.9 Å².